The maximum atomic E-state index is 9.44. The fraction of sp³-hybridized carbons (Fsp3) is 0.545. The highest BCUT2D eigenvalue weighted by molar-refractivity contribution is 5.45. The third kappa shape index (κ3) is 2.36. The van der Waals surface area contributed by atoms with Crippen molar-refractivity contribution >= 4 is 11.5 Å². The molecule has 0 fully saturated rings. The molecule has 6 nitrogen and oxygen atoms in total. The van der Waals surface area contributed by atoms with Gasteiger partial charge in [-0.25, -0.2) is 0 Å². The maximum Gasteiger partial charge on any atom is 0.178 e. The van der Waals surface area contributed by atoms with Crippen molar-refractivity contribution in [3.63, 3.8) is 0 Å². The summed E-state index contributed by atoms with van der Waals surface area (Å²) in [7, 11) is 0. The van der Waals surface area contributed by atoms with Gasteiger partial charge in [0, 0.05) is 13.1 Å². The molecule has 2 aromatic rings. The molecule has 0 aliphatic heterocycles. The SMILES string of the molecule is CCN(CC(C)O)c1ccc2nnc(C)n2n1. The number of anilines is 1. The van der Waals surface area contributed by atoms with Crippen LogP contribution in [0.25, 0.3) is 5.65 Å². The van der Waals surface area contributed by atoms with Crippen LogP contribution in [-0.4, -0.2) is 44.1 Å². The first-order valence-electron chi connectivity index (χ1n) is 5.74. The lowest BCUT2D eigenvalue weighted by atomic mass is 10.3. The van der Waals surface area contributed by atoms with Crippen LogP contribution in [0.1, 0.15) is 19.7 Å². The van der Waals surface area contributed by atoms with Gasteiger partial charge >= 0.3 is 0 Å². The predicted octanol–water partition coefficient (Wildman–Crippen LogP) is 0.640. The molecule has 6 heteroatoms. The van der Waals surface area contributed by atoms with E-state index < -0.39 is 0 Å². The average molecular weight is 235 g/mol. The predicted molar refractivity (Wildman–Crippen MR) is 65.1 cm³/mol. The lowest BCUT2D eigenvalue weighted by Gasteiger charge is -2.23. The van der Waals surface area contributed by atoms with E-state index in [1.54, 1.807) is 11.4 Å². The minimum absolute atomic E-state index is 0.380. The lowest BCUT2D eigenvalue weighted by molar-refractivity contribution is 0.200. The van der Waals surface area contributed by atoms with Crippen molar-refractivity contribution in [3.8, 4) is 0 Å². The Morgan fingerprint density at radius 1 is 1.41 bits per heavy atom. The number of likely N-dealkylation sites (N-methyl/N-ethyl adjacent to an activating group) is 1. The summed E-state index contributed by atoms with van der Waals surface area (Å²) < 4.78 is 1.71. The molecule has 0 aliphatic rings. The number of nitrogens with zero attached hydrogens (tertiary/aromatic N) is 5. The Hall–Kier alpha value is -1.69. The molecule has 0 spiro atoms. The average Bonchev–Trinajstić information content (AvgIpc) is 2.67. The molecule has 0 saturated heterocycles. The Balaban J connectivity index is 2.36. The molecule has 17 heavy (non-hydrogen) atoms. The first kappa shape index (κ1) is 11.8. The highest BCUT2D eigenvalue weighted by atomic mass is 16.3. The third-order valence-electron chi connectivity index (χ3n) is 2.59. The van der Waals surface area contributed by atoms with Gasteiger partial charge in [0.2, 0.25) is 0 Å². The van der Waals surface area contributed by atoms with Crippen molar-refractivity contribution < 1.29 is 5.11 Å². The van der Waals surface area contributed by atoms with E-state index in [1.807, 2.05) is 30.9 Å². The topological polar surface area (TPSA) is 66.5 Å². The summed E-state index contributed by atoms with van der Waals surface area (Å²) in [6.07, 6.45) is -0.380. The fourth-order valence-electron chi connectivity index (χ4n) is 1.76. The Kier molecular flexibility index (Phi) is 3.23. The molecule has 2 aromatic heterocycles. The molecule has 2 rings (SSSR count). The second-order valence-corrected chi connectivity index (χ2v) is 4.10. The Morgan fingerprint density at radius 3 is 2.82 bits per heavy atom. The van der Waals surface area contributed by atoms with Gasteiger partial charge in [-0.1, -0.05) is 0 Å². The standard InChI is InChI=1S/C11H17N5O/c1-4-15(7-8(2)17)11-6-5-10-13-12-9(3)16(10)14-11/h5-6,8,17H,4,7H2,1-3H3. The quantitative estimate of drug-likeness (QED) is 0.842. The van der Waals surface area contributed by atoms with Crippen molar-refractivity contribution in [2.45, 2.75) is 26.9 Å². The van der Waals surface area contributed by atoms with Gasteiger partial charge in [-0.05, 0) is 32.9 Å². The van der Waals surface area contributed by atoms with E-state index in [0.29, 0.717) is 6.54 Å². The van der Waals surface area contributed by atoms with Crippen LogP contribution in [0.4, 0.5) is 5.82 Å². The maximum absolute atomic E-state index is 9.44. The van der Waals surface area contributed by atoms with Gasteiger partial charge < -0.3 is 10.0 Å². The Morgan fingerprint density at radius 2 is 2.18 bits per heavy atom. The summed E-state index contributed by atoms with van der Waals surface area (Å²) in [5, 5.41) is 21.9. The molecule has 0 amide bonds. The molecule has 1 atom stereocenters. The number of aryl methyl sites for hydroxylation is 1. The van der Waals surface area contributed by atoms with E-state index in [4.69, 9.17) is 0 Å². The van der Waals surface area contributed by atoms with Gasteiger partial charge in [0.15, 0.2) is 11.5 Å². The van der Waals surface area contributed by atoms with Gasteiger partial charge in [0.05, 0.1) is 6.10 Å². The second kappa shape index (κ2) is 4.67. The molecule has 0 saturated carbocycles. The molecular weight excluding hydrogens is 218 g/mol. The zero-order valence-corrected chi connectivity index (χ0v) is 10.3. The van der Waals surface area contributed by atoms with E-state index in [1.165, 1.54) is 0 Å². The Bertz CT molecular complexity index is 508. The first-order valence-corrected chi connectivity index (χ1v) is 5.74. The molecule has 0 bridgehead atoms. The van der Waals surface area contributed by atoms with Crippen molar-refractivity contribution in [1.29, 1.82) is 0 Å². The number of fused-ring (bicyclic) bond motifs is 1. The van der Waals surface area contributed by atoms with Gasteiger partial charge in [-0.2, -0.15) is 4.52 Å². The molecule has 0 radical (unpaired) electrons. The van der Waals surface area contributed by atoms with Crippen molar-refractivity contribution in [3.05, 3.63) is 18.0 Å². The number of hydrogen-bond donors (Lipinski definition) is 1. The summed E-state index contributed by atoms with van der Waals surface area (Å²) in [6, 6.07) is 3.78. The normalized spacial score (nSPS) is 12.9. The summed E-state index contributed by atoms with van der Waals surface area (Å²) in [4.78, 5) is 2.02. The van der Waals surface area contributed by atoms with Crippen LogP contribution >= 0.6 is 0 Å². The zero-order valence-electron chi connectivity index (χ0n) is 10.3. The third-order valence-corrected chi connectivity index (χ3v) is 2.59. The first-order chi connectivity index (χ1) is 8.11. The van der Waals surface area contributed by atoms with Gasteiger partial charge in [0.25, 0.3) is 0 Å². The Labute approximate surface area is 99.9 Å². The molecule has 0 aromatic carbocycles. The van der Waals surface area contributed by atoms with Gasteiger partial charge in [0.1, 0.15) is 5.82 Å². The van der Waals surface area contributed by atoms with Gasteiger partial charge in [-0.3, -0.25) is 0 Å². The minimum atomic E-state index is -0.380. The van der Waals surface area contributed by atoms with Crippen LogP contribution in [0, 0.1) is 6.92 Å². The smallest absolute Gasteiger partial charge is 0.178 e. The number of aliphatic hydroxyl groups excluding tert-OH is 1. The second-order valence-electron chi connectivity index (χ2n) is 4.10. The van der Waals surface area contributed by atoms with E-state index in [0.717, 1.165) is 23.8 Å². The van der Waals surface area contributed by atoms with Crippen molar-refractivity contribution in [1.82, 2.24) is 19.8 Å². The number of rotatable bonds is 4. The molecular formula is C11H17N5O. The van der Waals surface area contributed by atoms with E-state index >= 15 is 0 Å². The largest absolute Gasteiger partial charge is 0.392 e. The van der Waals surface area contributed by atoms with Crippen LogP contribution < -0.4 is 4.90 Å². The molecule has 0 aliphatic carbocycles. The van der Waals surface area contributed by atoms with Crippen LogP contribution in [0.5, 0.6) is 0 Å². The number of aliphatic hydroxyl groups is 1. The molecule has 1 unspecified atom stereocenters. The monoisotopic (exact) mass is 235 g/mol. The van der Waals surface area contributed by atoms with E-state index in [2.05, 4.69) is 15.3 Å². The minimum Gasteiger partial charge on any atom is -0.392 e. The van der Waals surface area contributed by atoms with Crippen LogP contribution in [-0.2, 0) is 0 Å². The van der Waals surface area contributed by atoms with Crippen LogP contribution in [0.15, 0.2) is 12.1 Å². The summed E-state index contributed by atoms with van der Waals surface area (Å²) >= 11 is 0. The van der Waals surface area contributed by atoms with Crippen molar-refractivity contribution in [2.24, 2.45) is 0 Å². The highest BCUT2D eigenvalue weighted by Gasteiger charge is 2.11. The van der Waals surface area contributed by atoms with Crippen LogP contribution in [0.3, 0.4) is 0 Å². The molecule has 2 heterocycles. The lowest BCUT2D eigenvalue weighted by Crippen LogP contribution is -2.31. The van der Waals surface area contributed by atoms with Gasteiger partial charge in [-0.15, -0.1) is 15.3 Å². The zero-order chi connectivity index (χ0) is 12.4. The molecule has 92 valence electrons. The molecule has 1 N–H and O–H groups in total. The van der Waals surface area contributed by atoms with E-state index in [-0.39, 0.29) is 6.10 Å². The number of aromatic nitrogens is 4. The summed E-state index contributed by atoms with van der Waals surface area (Å²) in [5.74, 6) is 1.58. The van der Waals surface area contributed by atoms with Crippen molar-refractivity contribution in [2.75, 3.05) is 18.0 Å². The van der Waals surface area contributed by atoms with E-state index in [9.17, 15) is 5.11 Å². The summed E-state index contributed by atoms with van der Waals surface area (Å²) in [5.41, 5.74) is 0.736. The number of hydrogen-bond acceptors (Lipinski definition) is 5. The summed E-state index contributed by atoms with van der Waals surface area (Å²) in [6.45, 7) is 7.03. The fourth-order valence-corrected chi connectivity index (χ4v) is 1.76. The van der Waals surface area contributed by atoms with Crippen LogP contribution in [0.2, 0.25) is 0 Å². The highest BCUT2D eigenvalue weighted by Crippen LogP contribution is 2.12.